The third kappa shape index (κ3) is 2.57. The van der Waals surface area contributed by atoms with Crippen molar-refractivity contribution < 1.29 is 4.79 Å². The van der Waals surface area contributed by atoms with E-state index in [1.807, 2.05) is 42.6 Å². The predicted molar refractivity (Wildman–Crippen MR) is 64.9 cm³/mol. The largest absolute Gasteiger partial charge is 0.350 e. The molecule has 0 atom stereocenters. The monoisotopic (exact) mass is 214 g/mol. The molecule has 0 aromatic rings. The molecule has 0 saturated carbocycles. The van der Waals surface area contributed by atoms with Crippen LogP contribution in [0.3, 0.4) is 0 Å². The first kappa shape index (κ1) is 10.6. The van der Waals surface area contributed by atoms with Gasteiger partial charge in [-0.25, -0.2) is 0 Å². The first-order valence-corrected chi connectivity index (χ1v) is 5.31. The van der Waals surface area contributed by atoms with Crippen molar-refractivity contribution in [2.45, 2.75) is 12.8 Å². The molecule has 0 amide bonds. The highest BCUT2D eigenvalue weighted by Crippen LogP contribution is 2.11. The van der Waals surface area contributed by atoms with Gasteiger partial charge in [0, 0.05) is 25.4 Å². The van der Waals surface area contributed by atoms with Crippen LogP contribution in [0.25, 0.3) is 0 Å². The summed E-state index contributed by atoms with van der Waals surface area (Å²) >= 11 is 0. The molecule has 0 bridgehead atoms. The van der Waals surface area contributed by atoms with Crippen molar-refractivity contribution >= 4 is 11.5 Å². The van der Waals surface area contributed by atoms with E-state index in [-0.39, 0.29) is 5.78 Å². The first-order valence-electron chi connectivity index (χ1n) is 5.31. The van der Waals surface area contributed by atoms with E-state index < -0.39 is 0 Å². The molecule has 2 rings (SSSR count). The minimum absolute atomic E-state index is 0.184. The van der Waals surface area contributed by atoms with E-state index in [2.05, 4.69) is 4.99 Å². The van der Waals surface area contributed by atoms with Crippen LogP contribution in [-0.4, -0.2) is 23.4 Å². The molecule has 0 N–H and O–H groups in total. The van der Waals surface area contributed by atoms with Crippen molar-refractivity contribution in [1.82, 2.24) is 4.90 Å². The van der Waals surface area contributed by atoms with Crippen LogP contribution in [-0.2, 0) is 4.79 Å². The van der Waals surface area contributed by atoms with Crippen molar-refractivity contribution in [2.75, 3.05) is 7.05 Å². The van der Waals surface area contributed by atoms with Crippen LogP contribution in [0.15, 0.2) is 53.5 Å². The standard InChI is InChI=1S/C13H14N2O/c1-15-9-3-2-4-12(15)10-14-11-5-7-13(16)8-6-11/h2-5,7,9-10H,6,8H2,1H3/b12-10+,14-11?. The van der Waals surface area contributed by atoms with Crippen molar-refractivity contribution in [3.05, 3.63) is 48.5 Å². The van der Waals surface area contributed by atoms with E-state index in [1.165, 1.54) is 0 Å². The average Bonchev–Trinajstić information content (AvgIpc) is 2.30. The van der Waals surface area contributed by atoms with Gasteiger partial charge in [0.25, 0.3) is 0 Å². The van der Waals surface area contributed by atoms with Gasteiger partial charge in [0.2, 0.25) is 0 Å². The summed E-state index contributed by atoms with van der Waals surface area (Å²) in [4.78, 5) is 17.4. The van der Waals surface area contributed by atoms with Gasteiger partial charge in [0.05, 0.1) is 11.9 Å². The summed E-state index contributed by atoms with van der Waals surface area (Å²) in [6.45, 7) is 0. The Kier molecular flexibility index (Phi) is 3.15. The summed E-state index contributed by atoms with van der Waals surface area (Å²) < 4.78 is 0. The maximum atomic E-state index is 11.0. The number of carbonyl (C=O) groups is 1. The van der Waals surface area contributed by atoms with E-state index in [0.717, 1.165) is 17.8 Å². The Balaban J connectivity index is 2.11. The average molecular weight is 214 g/mol. The molecule has 0 unspecified atom stereocenters. The molecule has 1 aliphatic heterocycles. The molecule has 0 fully saturated rings. The number of hydrogen-bond acceptors (Lipinski definition) is 3. The molecule has 3 heteroatoms. The number of carbonyl (C=O) groups excluding carboxylic acids is 1. The number of ketones is 1. The highest BCUT2D eigenvalue weighted by molar-refractivity contribution is 6.07. The van der Waals surface area contributed by atoms with Gasteiger partial charge in [-0.3, -0.25) is 9.79 Å². The quantitative estimate of drug-likeness (QED) is 0.670. The van der Waals surface area contributed by atoms with Crippen LogP contribution < -0.4 is 0 Å². The third-order valence-corrected chi connectivity index (χ3v) is 2.55. The van der Waals surface area contributed by atoms with Gasteiger partial charge in [-0.2, -0.15) is 0 Å². The topological polar surface area (TPSA) is 32.7 Å². The molecule has 0 spiro atoms. The number of aliphatic imine (C=N–C) groups is 1. The van der Waals surface area contributed by atoms with E-state index >= 15 is 0 Å². The van der Waals surface area contributed by atoms with E-state index in [1.54, 1.807) is 12.2 Å². The lowest BCUT2D eigenvalue weighted by Gasteiger charge is -2.16. The van der Waals surface area contributed by atoms with E-state index in [4.69, 9.17) is 0 Å². The van der Waals surface area contributed by atoms with Crippen molar-refractivity contribution in [1.29, 1.82) is 0 Å². The van der Waals surface area contributed by atoms with E-state index in [9.17, 15) is 4.79 Å². The number of allylic oxidation sites excluding steroid dienone is 5. The lowest BCUT2D eigenvalue weighted by molar-refractivity contribution is -0.114. The Labute approximate surface area is 95.2 Å². The highest BCUT2D eigenvalue weighted by Gasteiger charge is 2.06. The first-order chi connectivity index (χ1) is 7.75. The van der Waals surface area contributed by atoms with Gasteiger partial charge in [0.1, 0.15) is 0 Å². The summed E-state index contributed by atoms with van der Waals surface area (Å²) in [6, 6.07) is 0. The summed E-state index contributed by atoms with van der Waals surface area (Å²) in [5.41, 5.74) is 2.00. The Bertz CT molecular complexity index is 439. The van der Waals surface area contributed by atoms with E-state index in [0.29, 0.717) is 6.42 Å². The van der Waals surface area contributed by atoms with Crippen molar-refractivity contribution in [3.63, 3.8) is 0 Å². The molecule has 0 aromatic carbocycles. The van der Waals surface area contributed by atoms with Crippen molar-refractivity contribution in [2.24, 2.45) is 4.99 Å². The molecular weight excluding hydrogens is 200 g/mol. The molecular formula is C13H14N2O. The second-order valence-electron chi connectivity index (χ2n) is 3.79. The fourth-order valence-electron chi connectivity index (χ4n) is 1.53. The predicted octanol–water partition coefficient (Wildman–Crippen LogP) is 2.20. The van der Waals surface area contributed by atoms with Crippen LogP contribution in [0.4, 0.5) is 0 Å². The van der Waals surface area contributed by atoms with Gasteiger partial charge in [-0.15, -0.1) is 0 Å². The molecule has 1 aliphatic carbocycles. The SMILES string of the molecule is CN1C=CC=C/C1=C\N=C1C=CC(=O)CC1. The fraction of sp³-hybridized carbons (Fsp3) is 0.231. The highest BCUT2D eigenvalue weighted by atomic mass is 16.1. The normalized spacial score (nSPS) is 24.8. The fourth-order valence-corrected chi connectivity index (χ4v) is 1.53. The van der Waals surface area contributed by atoms with Crippen LogP contribution in [0.2, 0.25) is 0 Å². The smallest absolute Gasteiger partial charge is 0.156 e. The van der Waals surface area contributed by atoms with Crippen LogP contribution >= 0.6 is 0 Å². The number of likely N-dealkylation sites (N-methyl/N-ethyl adjacent to an activating group) is 1. The Hall–Kier alpha value is -1.90. The Morgan fingerprint density at radius 3 is 2.81 bits per heavy atom. The maximum Gasteiger partial charge on any atom is 0.156 e. The maximum absolute atomic E-state index is 11.0. The molecule has 0 saturated heterocycles. The zero-order chi connectivity index (χ0) is 11.4. The molecule has 0 radical (unpaired) electrons. The number of hydrogen-bond donors (Lipinski definition) is 0. The van der Waals surface area contributed by atoms with Crippen LogP contribution in [0.5, 0.6) is 0 Å². The van der Waals surface area contributed by atoms with Crippen LogP contribution in [0.1, 0.15) is 12.8 Å². The Morgan fingerprint density at radius 1 is 1.25 bits per heavy atom. The third-order valence-electron chi connectivity index (χ3n) is 2.55. The minimum Gasteiger partial charge on any atom is -0.350 e. The lowest BCUT2D eigenvalue weighted by Crippen LogP contribution is -2.10. The second kappa shape index (κ2) is 4.75. The van der Waals surface area contributed by atoms with Gasteiger partial charge < -0.3 is 4.90 Å². The number of rotatable bonds is 1. The Morgan fingerprint density at radius 2 is 2.12 bits per heavy atom. The van der Waals surface area contributed by atoms with Gasteiger partial charge in [0.15, 0.2) is 5.78 Å². The molecule has 82 valence electrons. The van der Waals surface area contributed by atoms with Crippen molar-refractivity contribution in [3.8, 4) is 0 Å². The van der Waals surface area contributed by atoms with Crippen LogP contribution in [0, 0.1) is 0 Å². The molecule has 3 nitrogen and oxygen atoms in total. The number of nitrogens with zero attached hydrogens (tertiary/aromatic N) is 2. The molecule has 16 heavy (non-hydrogen) atoms. The summed E-state index contributed by atoms with van der Waals surface area (Å²) in [6.07, 6.45) is 14.5. The zero-order valence-electron chi connectivity index (χ0n) is 9.26. The summed E-state index contributed by atoms with van der Waals surface area (Å²) in [7, 11) is 1.98. The van der Waals surface area contributed by atoms with Gasteiger partial charge in [-0.05, 0) is 30.7 Å². The minimum atomic E-state index is 0.184. The molecule has 1 heterocycles. The summed E-state index contributed by atoms with van der Waals surface area (Å²) in [5.74, 6) is 0.184. The second-order valence-corrected chi connectivity index (χ2v) is 3.79. The molecule has 0 aromatic heterocycles. The summed E-state index contributed by atoms with van der Waals surface area (Å²) in [5, 5.41) is 0. The lowest BCUT2D eigenvalue weighted by atomic mass is 10.1. The van der Waals surface area contributed by atoms with Gasteiger partial charge in [-0.1, -0.05) is 6.08 Å². The zero-order valence-corrected chi connectivity index (χ0v) is 9.26. The van der Waals surface area contributed by atoms with Gasteiger partial charge >= 0.3 is 0 Å². The molecule has 2 aliphatic rings.